The zero-order valence-electron chi connectivity index (χ0n) is 15.9. The molecule has 1 N–H and O–H groups in total. The molecule has 0 aliphatic carbocycles. The lowest BCUT2D eigenvalue weighted by Crippen LogP contribution is -2.49. The summed E-state index contributed by atoms with van der Waals surface area (Å²) in [5.74, 6) is -0.183. The van der Waals surface area contributed by atoms with E-state index in [0.29, 0.717) is 36.2 Å². The SMILES string of the molecule is Cl.N#Cc1c[nH]c2c(C(=O)N3CCN(CCc4ccccc4F)CC3)cccc12. The smallest absolute Gasteiger partial charge is 0.256 e. The van der Waals surface area contributed by atoms with Gasteiger partial charge in [0.15, 0.2) is 0 Å². The number of para-hydroxylation sites is 1. The molecule has 0 radical (unpaired) electrons. The van der Waals surface area contributed by atoms with Crippen molar-refractivity contribution < 1.29 is 9.18 Å². The van der Waals surface area contributed by atoms with E-state index in [0.717, 1.165) is 30.6 Å². The van der Waals surface area contributed by atoms with E-state index in [4.69, 9.17) is 0 Å². The summed E-state index contributed by atoms with van der Waals surface area (Å²) < 4.78 is 13.8. The lowest BCUT2D eigenvalue weighted by Gasteiger charge is -2.34. The van der Waals surface area contributed by atoms with Crippen LogP contribution in [0.1, 0.15) is 21.5 Å². The highest BCUT2D eigenvalue weighted by atomic mass is 35.5. The van der Waals surface area contributed by atoms with Crippen LogP contribution < -0.4 is 0 Å². The number of carbonyl (C=O) groups excluding carboxylic acids is 1. The summed E-state index contributed by atoms with van der Waals surface area (Å²) in [5.41, 5.74) is 2.58. The number of benzene rings is 2. The number of piperazine rings is 1. The van der Waals surface area contributed by atoms with Crippen LogP contribution in [0.15, 0.2) is 48.7 Å². The summed E-state index contributed by atoms with van der Waals surface area (Å²) in [6.45, 7) is 3.59. The Hall–Kier alpha value is -2.88. The molecule has 150 valence electrons. The van der Waals surface area contributed by atoms with Gasteiger partial charge < -0.3 is 9.88 Å². The number of aromatic nitrogens is 1. The Bertz CT molecular complexity index is 1050. The zero-order chi connectivity index (χ0) is 19.5. The second-order valence-corrected chi connectivity index (χ2v) is 7.02. The van der Waals surface area contributed by atoms with E-state index in [1.54, 1.807) is 18.3 Å². The van der Waals surface area contributed by atoms with Crippen LogP contribution in [0.4, 0.5) is 4.39 Å². The van der Waals surface area contributed by atoms with Gasteiger partial charge in [0.05, 0.1) is 16.6 Å². The van der Waals surface area contributed by atoms with Crippen LogP contribution in [0.2, 0.25) is 0 Å². The number of halogens is 2. The van der Waals surface area contributed by atoms with Gasteiger partial charge in [0.25, 0.3) is 5.91 Å². The summed E-state index contributed by atoms with van der Waals surface area (Å²) in [4.78, 5) is 20.2. The molecule has 29 heavy (non-hydrogen) atoms. The van der Waals surface area contributed by atoms with Gasteiger partial charge in [0.1, 0.15) is 11.9 Å². The van der Waals surface area contributed by atoms with E-state index in [-0.39, 0.29) is 24.1 Å². The Kier molecular flexibility index (Phi) is 6.53. The monoisotopic (exact) mass is 412 g/mol. The highest BCUT2D eigenvalue weighted by Gasteiger charge is 2.24. The number of amides is 1. The van der Waals surface area contributed by atoms with Gasteiger partial charge in [-0.15, -0.1) is 12.4 Å². The number of nitrogens with one attached hydrogen (secondary N) is 1. The van der Waals surface area contributed by atoms with Crippen molar-refractivity contribution in [3.05, 3.63) is 71.2 Å². The van der Waals surface area contributed by atoms with Gasteiger partial charge in [-0.1, -0.05) is 30.3 Å². The maximum absolute atomic E-state index is 13.8. The van der Waals surface area contributed by atoms with Crippen LogP contribution in [0.3, 0.4) is 0 Å². The number of rotatable bonds is 4. The molecule has 4 rings (SSSR count). The van der Waals surface area contributed by atoms with Gasteiger partial charge in [0.2, 0.25) is 0 Å². The summed E-state index contributed by atoms with van der Waals surface area (Å²) in [5, 5.41) is 9.96. The minimum absolute atomic E-state index is 0. The van der Waals surface area contributed by atoms with E-state index < -0.39 is 0 Å². The van der Waals surface area contributed by atoms with Crippen LogP contribution >= 0.6 is 12.4 Å². The number of aromatic amines is 1. The maximum atomic E-state index is 13.8. The summed E-state index contributed by atoms with van der Waals surface area (Å²) in [6.07, 6.45) is 2.31. The van der Waals surface area contributed by atoms with Gasteiger partial charge in [-0.3, -0.25) is 9.69 Å². The average Bonchev–Trinajstić information content (AvgIpc) is 3.16. The third-order valence-corrected chi connectivity index (χ3v) is 5.38. The van der Waals surface area contributed by atoms with Crippen molar-refractivity contribution >= 4 is 29.2 Å². The first-order chi connectivity index (χ1) is 13.7. The van der Waals surface area contributed by atoms with Gasteiger partial charge in [0, 0.05) is 44.3 Å². The molecule has 0 spiro atoms. The van der Waals surface area contributed by atoms with Crippen LogP contribution in [-0.4, -0.2) is 53.4 Å². The fraction of sp³-hybridized carbons (Fsp3) is 0.273. The molecule has 5 nitrogen and oxygen atoms in total. The zero-order valence-corrected chi connectivity index (χ0v) is 16.7. The van der Waals surface area contributed by atoms with Crippen molar-refractivity contribution in [2.45, 2.75) is 6.42 Å². The molecule has 1 aliphatic heterocycles. The van der Waals surface area contributed by atoms with Crippen molar-refractivity contribution in [3.63, 3.8) is 0 Å². The molecular formula is C22H22ClFN4O. The van der Waals surface area contributed by atoms with E-state index in [2.05, 4.69) is 16.0 Å². The second-order valence-electron chi connectivity index (χ2n) is 7.02. The third kappa shape index (κ3) is 4.26. The summed E-state index contributed by atoms with van der Waals surface area (Å²) >= 11 is 0. The minimum Gasteiger partial charge on any atom is -0.359 e. The number of hydrogen-bond donors (Lipinski definition) is 1. The molecule has 0 bridgehead atoms. The standard InChI is InChI=1S/C22H21FN4O.ClH/c23-20-7-2-1-4-16(20)8-9-26-10-12-27(13-11-26)22(28)19-6-3-5-18-17(14-24)15-25-21(18)19;/h1-7,15,25H,8-13H2;1H. The number of hydrogen-bond acceptors (Lipinski definition) is 3. The normalized spacial score (nSPS) is 14.4. The molecule has 3 aromatic rings. The molecule has 0 atom stereocenters. The van der Waals surface area contributed by atoms with Gasteiger partial charge in [-0.05, 0) is 24.1 Å². The Balaban J connectivity index is 0.00000240. The lowest BCUT2D eigenvalue weighted by atomic mass is 10.1. The van der Waals surface area contributed by atoms with E-state index >= 15 is 0 Å². The second kappa shape index (κ2) is 9.08. The summed E-state index contributed by atoms with van der Waals surface area (Å²) in [6, 6.07) is 14.5. The van der Waals surface area contributed by atoms with Crippen LogP contribution in [0, 0.1) is 17.1 Å². The van der Waals surface area contributed by atoms with Crippen LogP contribution in [0.5, 0.6) is 0 Å². The first kappa shape index (κ1) is 20.8. The minimum atomic E-state index is -0.160. The van der Waals surface area contributed by atoms with Gasteiger partial charge in [-0.2, -0.15) is 5.26 Å². The van der Waals surface area contributed by atoms with E-state index in [1.165, 1.54) is 6.07 Å². The maximum Gasteiger partial charge on any atom is 0.256 e. The van der Waals surface area contributed by atoms with E-state index in [1.807, 2.05) is 29.2 Å². The van der Waals surface area contributed by atoms with Crippen molar-refractivity contribution in [1.29, 1.82) is 5.26 Å². The molecule has 7 heteroatoms. The van der Waals surface area contributed by atoms with Crippen LogP contribution in [-0.2, 0) is 6.42 Å². The predicted octanol–water partition coefficient (Wildman–Crippen LogP) is 3.60. The highest BCUT2D eigenvalue weighted by molar-refractivity contribution is 6.06. The third-order valence-electron chi connectivity index (χ3n) is 5.38. The Morgan fingerprint density at radius 1 is 1.10 bits per heavy atom. The van der Waals surface area contributed by atoms with Gasteiger partial charge >= 0.3 is 0 Å². The molecule has 1 aromatic heterocycles. The molecule has 2 aromatic carbocycles. The number of nitrogens with zero attached hydrogens (tertiary/aromatic N) is 3. The topological polar surface area (TPSA) is 63.1 Å². The molecule has 2 heterocycles. The average molecular weight is 413 g/mol. The fourth-order valence-electron chi connectivity index (χ4n) is 3.75. The highest BCUT2D eigenvalue weighted by Crippen LogP contribution is 2.23. The quantitative estimate of drug-likeness (QED) is 0.712. The molecule has 1 amide bonds. The largest absolute Gasteiger partial charge is 0.359 e. The van der Waals surface area contributed by atoms with E-state index in [9.17, 15) is 14.4 Å². The first-order valence-corrected chi connectivity index (χ1v) is 9.42. The lowest BCUT2D eigenvalue weighted by molar-refractivity contribution is 0.0640. The molecule has 1 saturated heterocycles. The molecule has 0 unspecified atom stereocenters. The predicted molar refractivity (Wildman–Crippen MR) is 113 cm³/mol. The summed E-state index contributed by atoms with van der Waals surface area (Å²) in [7, 11) is 0. The number of carbonyl (C=O) groups is 1. The molecule has 0 saturated carbocycles. The fourth-order valence-corrected chi connectivity index (χ4v) is 3.75. The van der Waals surface area contributed by atoms with Crippen molar-refractivity contribution in [2.24, 2.45) is 0 Å². The molecule has 1 aliphatic rings. The Labute approximate surface area is 175 Å². The van der Waals surface area contributed by atoms with Gasteiger partial charge in [-0.25, -0.2) is 4.39 Å². The first-order valence-electron chi connectivity index (χ1n) is 9.42. The van der Waals surface area contributed by atoms with Crippen molar-refractivity contribution in [2.75, 3.05) is 32.7 Å². The number of nitriles is 1. The molecular weight excluding hydrogens is 391 g/mol. The van der Waals surface area contributed by atoms with Crippen molar-refractivity contribution in [1.82, 2.24) is 14.8 Å². The number of H-pyrrole nitrogens is 1. The Morgan fingerprint density at radius 3 is 2.59 bits per heavy atom. The number of fused-ring (bicyclic) bond motifs is 1. The molecule has 1 fully saturated rings. The Morgan fingerprint density at radius 2 is 1.86 bits per heavy atom. The van der Waals surface area contributed by atoms with Crippen LogP contribution in [0.25, 0.3) is 10.9 Å². The van der Waals surface area contributed by atoms with Crippen molar-refractivity contribution in [3.8, 4) is 6.07 Å².